The van der Waals surface area contributed by atoms with Crippen LogP contribution >= 0.6 is 0 Å². The molecular weight excluding hydrogens is 214 g/mol. The number of hydrogen-bond acceptors (Lipinski definition) is 5. The standard InChI is InChI=1S/C10H17NO5/c12-8(6-11(13)14)9-7-15-10(16-9)4-2-1-3-5-10/h8-9,12H,1-7H2/t8-,9+/m1/s1. The summed E-state index contributed by atoms with van der Waals surface area (Å²) in [4.78, 5) is 9.76. The van der Waals surface area contributed by atoms with Crippen LogP contribution in [0.25, 0.3) is 0 Å². The Hall–Kier alpha value is -0.720. The minimum absolute atomic E-state index is 0.259. The number of hydrogen-bond donors (Lipinski definition) is 1. The number of aliphatic hydroxyl groups is 1. The van der Waals surface area contributed by atoms with Crippen LogP contribution in [0, 0.1) is 10.1 Å². The summed E-state index contributed by atoms with van der Waals surface area (Å²) in [6.45, 7) is -0.223. The number of nitro groups is 1. The lowest BCUT2D eigenvalue weighted by molar-refractivity contribution is -0.493. The van der Waals surface area contributed by atoms with Gasteiger partial charge < -0.3 is 14.6 Å². The molecule has 6 nitrogen and oxygen atoms in total. The molecule has 1 heterocycles. The van der Waals surface area contributed by atoms with Gasteiger partial charge in [0, 0.05) is 17.8 Å². The quantitative estimate of drug-likeness (QED) is 0.571. The molecule has 92 valence electrons. The van der Waals surface area contributed by atoms with Crippen LogP contribution in [0.2, 0.25) is 0 Å². The van der Waals surface area contributed by atoms with E-state index < -0.39 is 29.5 Å². The molecule has 6 heteroatoms. The molecule has 0 unspecified atom stereocenters. The van der Waals surface area contributed by atoms with Gasteiger partial charge in [0.2, 0.25) is 6.54 Å². The Kier molecular flexibility index (Phi) is 3.41. The molecule has 1 saturated carbocycles. The van der Waals surface area contributed by atoms with E-state index in [1.165, 1.54) is 6.42 Å². The summed E-state index contributed by atoms with van der Waals surface area (Å²) in [5.41, 5.74) is 0. The van der Waals surface area contributed by atoms with Gasteiger partial charge >= 0.3 is 0 Å². The van der Waals surface area contributed by atoms with Crippen LogP contribution < -0.4 is 0 Å². The first-order valence-corrected chi connectivity index (χ1v) is 5.73. The Morgan fingerprint density at radius 3 is 2.75 bits per heavy atom. The van der Waals surface area contributed by atoms with E-state index in [2.05, 4.69) is 0 Å². The lowest BCUT2D eigenvalue weighted by Gasteiger charge is -2.32. The minimum atomic E-state index is -1.07. The van der Waals surface area contributed by atoms with Crippen molar-refractivity contribution in [3.8, 4) is 0 Å². The van der Waals surface area contributed by atoms with E-state index in [1.54, 1.807) is 0 Å². The predicted octanol–water partition coefficient (Wildman–Crippen LogP) is 0.700. The van der Waals surface area contributed by atoms with Gasteiger partial charge in [-0.25, -0.2) is 0 Å². The maximum absolute atomic E-state index is 10.3. The van der Waals surface area contributed by atoms with E-state index in [4.69, 9.17) is 9.47 Å². The Morgan fingerprint density at radius 2 is 2.12 bits per heavy atom. The average Bonchev–Trinajstić information content (AvgIpc) is 2.62. The van der Waals surface area contributed by atoms with Gasteiger partial charge in [-0.3, -0.25) is 10.1 Å². The number of ether oxygens (including phenoxy) is 2. The highest BCUT2D eigenvalue weighted by Gasteiger charge is 2.45. The highest BCUT2D eigenvalue weighted by Crippen LogP contribution is 2.38. The molecule has 1 N–H and O–H groups in total. The first kappa shape index (κ1) is 11.8. The van der Waals surface area contributed by atoms with Crippen LogP contribution in [0.1, 0.15) is 32.1 Å². The van der Waals surface area contributed by atoms with Crippen LogP contribution in [0.15, 0.2) is 0 Å². The first-order valence-electron chi connectivity index (χ1n) is 5.73. The second kappa shape index (κ2) is 4.65. The van der Waals surface area contributed by atoms with Gasteiger partial charge in [0.1, 0.15) is 12.2 Å². The van der Waals surface area contributed by atoms with Crippen LogP contribution in [0.4, 0.5) is 0 Å². The summed E-state index contributed by atoms with van der Waals surface area (Å²) in [6, 6.07) is 0. The van der Waals surface area contributed by atoms with Crippen molar-refractivity contribution < 1.29 is 19.5 Å². The summed E-state index contributed by atoms with van der Waals surface area (Å²) in [6.07, 6.45) is 3.32. The average molecular weight is 231 g/mol. The van der Waals surface area contributed by atoms with Gasteiger partial charge in [-0.05, 0) is 12.8 Å². The molecule has 1 saturated heterocycles. The third-order valence-electron chi connectivity index (χ3n) is 3.26. The van der Waals surface area contributed by atoms with Gasteiger partial charge in [-0.1, -0.05) is 6.42 Å². The van der Waals surface area contributed by atoms with E-state index in [-0.39, 0.29) is 6.61 Å². The zero-order valence-corrected chi connectivity index (χ0v) is 9.13. The molecule has 0 radical (unpaired) electrons. The Balaban J connectivity index is 1.89. The molecule has 2 rings (SSSR count). The molecule has 2 atom stereocenters. The molecule has 2 aliphatic rings. The van der Waals surface area contributed by atoms with Crippen LogP contribution in [0.3, 0.4) is 0 Å². The van der Waals surface area contributed by atoms with Gasteiger partial charge in [0.05, 0.1) is 6.61 Å². The fourth-order valence-corrected chi connectivity index (χ4v) is 2.39. The minimum Gasteiger partial charge on any atom is -0.383 e. The van der Waals surface area contributed by atoms with Crippen molar-refractivity contribution in [2.24, 2.45) is 0 Å². The molecule has 0 aromatic rings. The summed E-state index contributed by atoms with van der Waals surface area (Å²) >= 11 is 0. The lowest BCUT2D eigenvalue weighted by atomic mass is 9.94. The van der Waals surface area contributed by atoms with E-state index in [0.29, 0.717) is 0 Å². The van der Waals surface area contributed by atoms with Gasteiger partial charge in [-0.2, -0.15) is 0 Å². The molecule has 1 aliphatic carbocycles. The molecule has 16 heavy (non-hydrogen) atoms. The van der Waals surface area contributed by atoms with Crippen molar-refractivity contribution in [2.45, 2.75) is 50.1 Å². The fourth-order valence-electron chi connectivity index (χ4n) is 2.39. The maximum Gasteiger partial charge on any atom is 0.232 e. The SMILES string of the molecule is O=[N+]([O-])C[C@@H](O)[C@@H]1COC2(CCCCC2)O1. The molecule has 2 fully saturated rings. The van der Waals surface area contributed by atoms with Crippen molar-refractivity contribution in [1.82, 2.24) is 0 Å². The van der Waals surface area contributed by atoms with E-state index in [9.17, 15) is 15.2 Å². The molecule has 1 aliphatic heterocycles. The summed E-state index contributed by atoms with van der Waals surface area (Å²) < 4.78 is 11.3. The third-order valence-corrected chi connectivity index (χ3v) is 3.26. The normalized spacial score (nSPS) is 30.4. The summed E-state index contributed by atoms with van der Waals surface area (Å²) in [5, 5.41) is 19.9. The Bertz CT molecular complexity index is 264. The van der Waals surface area contributed by atoms with Crippen molar-refractivity contribution in [3.63, 3.8) is 0 Å². The highest BCUT2D eigenvalue weighted by atomic mass is 16.7. The largest absolute Gasteiger partial charge is 0.383 e. The van der Waals surface area contributed by atoms with Crippen molar-refractivity contribution in [1.29, 1.82) is 0 Å². The van der Waals surface area contributed by atoms with Crippen molar-refractivity contribution >= 4 is 0 Å². The maximum atomic E-state index is 10.3. The van der Waals surface area contributed by atoms with E-state index in [0.717, 1.165) is 25.7 Å². The van der Waals surface area contributed by atoms with E-state index >= 15 is 0 Å². The van der Waals surface area contributed by atoms with Gasteiger partial charge in [0.25, 0.3) is 0 Å². The van der Waals surface area contributed by atoms with Crippen molar-refractivity contribution in [2.75, 3.05) is 13.2 Å². The van der Waals surface area contributed by atoms with Crippen molar-refractivity contribution in [3.05, 3.63) is 10.1 Å². The fraction of sp³-hybridized carbons (Fsp3) is 1.00. The van der Waals surface area contributed by atoms with Gasteiger partial charge in [0.15, 0.2) is 5.79 Å². The zero-order chi connectivity index (χ0) is 11.6. The Labute approximate surface area is 93.7 Å². The molecule has 0 bridgehead atoms. The first-order chi connectivity index (χ1) is 7.61. The van der Waals surface area contributed by atoms with Gasteiger partial charge in [-0.15, -0.1) is 0 Å². The summed E-state index contributed by atoms with van der Waals surface area (Å²) in [7, 11) is 0. The molecule has 0 aromatic heterocycles. The Morgan fingerprint density at radius 1 is 1.44 bits per heavy atom. The third kappa shape index (κ3) is 2.50. The van der Waals surface area contributed by atoms with Crippen LogP contribution in [0.5, 0.6) is 0 Å². The smallest absolute Gasteiger partial charge is 0.232 e. The van der Waals surface area contributed by atoms with E-state index in [1.807, 2.05) is 0 Å². The molecular formula is C10H17NO5. The second-order valence-electron chi connectivity index (χ2n) is 4.52. The predicted molar refractivity (Wildman–Crippen MR) is 54.5 cm³/mol. The lowest BCUT2D eigenvalue weighted by Crippen LogP contribution is -2.38. The second-order valence-corrected chi connectivity index (χ2v) is 4.52. The topological polar surface area (TPSA) is 81.8 Å². The monoisotopic (exact) mass is 231 g/mol. The highest BCUT2D eigenvalue weighted by molar-refractivity contribution is 4.85. The molecule has 0 amide bonds. The van der Waals surface area contributed by atoms with Crippen LogP contribution in [-0.2, 0) is 9.47 Å². The molecule has 1 spiro atoms. The molecule has 0 aromatic carbocycles. The zero-order valence-electron chi connectivity index (χ0n) is 9.13. The number of aliphatic hydroxyl groups excluding tert-OH is 1. The number of rotatable bonds is 3. The van der Waals surface area contributed by atoms with Crippen LogP contribution in [-0.4, -0.2) is 41.2 Å². The number of nitrogens with zero attached hydrogens (tertiary/aromatic N) is 1. The summed E-state index contributed by atoms with van der Waals surface area (Å²) in [5.74, 6) is -0.569.